The van der Waals surface area contributed by atoms with E-state index in [0.29, 0.717) is 23.7 Å². The maximum Gasteiger partial charge on any atom is 1.00 e. The molecule has 0 spiro atoms. The number of aromatic nitrogens is 2. The van der Waals surface area contributed by atoms with Crippen LogP contribution in [0.2, 0.25) is 0 Å². The van der Waals surface area contributed by atoms with Crippen molar-refractivity contribution in [2.45, 2.75) is 79.1 Å². The van der Waals surface area contributed by atoms with Gasteiger partial charge >= 0.3 is 39.9 Å². The molecule has 6 aromatic rings. The molecular weight excluding hydrogens is 757 g/mol. The molecule has 0 saturated heterocycles. The first-order chi connectivity index (χ1) is 22.2. The summed E-state index contributed by atoms with van der Waals surface area (Å²) in [6.07, 6.45) is 1.89. The van der Waals surface area contributed by atoms with Crippen molar-refractivity contribution < 1.29 is 22.4 Å². The first-order valence-corrected chi connectivity index (χ1v) is 16.6. The Labute approximate surface area is 295 Å². The van der Waals surface area contributed by atoms with Crippen LogP contribution in [0.1, 0.15) is 101 Å². The average Bonchev–Trinajstić information content (AvgIpc) is 3.63. The number of benzene rings is 4. The van der Waals surface area contributed by atoms with E-state index in [2.05, 4.69) is 154 Å². The van der Waals surface area contributed by atoms with Crippen LogP contribution in [0.4, 0.5) is 22.9 Å². The number of nitrogens with zero attached hydrogens (tertiary/aromatic N) is 4. The average molecular weight is 803 g/mol. The summed E-state index contributed by atoms with van der Waals surface area (Å²) < 4.78 is 4.47. The fraction of sp³-hybridized carbons (Fsp3) is 0.286. The van der Waals surface area contributed by atoms with E-state index in [-0.39, 0.29) is 22.4 Å². The first kappa shape index (κ1) is 34.3. The molecule has 1 aliphatic heterocycles. The smallest absolute Gasteiger partial charge is 0.657 e. The molecular formula is C42H45AuN4+2. The molecule has 0 radical (unpaired) electrons. The van der Waals surface area contributed by atoms with Gasteiger partial charge in [-0.1, -0.05) is 140 Å². The Hall–Kier alpha value is -4.05. The van der Waals surface area contributed by atoms with Crippen LogP contribution in [0.5, 0.6) is 0 Å². The van der Waals surface area contributed by atoms with E-state index < -0.39 is 0 Å². The van der Waals surface area contributed by atoms with Crippen LogP contribution in [0.25, 0.3) is 21.8 Å². The van der Waals surface area contributed by atoms with Crippen molar-refractivity contribution >= 4 is 50.7 Å². The Morgan fingerprint density at radius 1 is 0.511 bits per heavy atom. The zero-order valence-electron chi connectivity index (χ0n) is 28.7. The molecule has 0 bridgehead atoms. The first-order valence-electron chi connectivity index (χ1n) is 16.6. The van der Waals surface area contributed by atoms with Gasteiger partial charge in [0.15, 0.2) is 0 Å². The molecule has 1 aliphatic rings. The van der Waals surface area contributed by atoms with E-state index in [1.165, 1.54) is 44.4 Å². The molecule has 3 heterocycles. The van der Waals surface area contributed by atoms with Crippen molar-refractivity contribution in [3.8, 4) is 0 Å². The van der Waals surface area contributed by atoms with Crippen molar-refractivity contribution in [3.05, 3.63) is 126 Å². The number of hydrogen-bond donors (Lipinski definition) is 0. The maximum atomic E-state index is 4.86. The standard InChI is InChI=1S/C30H37N3.C12H8N.Au/c1-19(2)23-12-9-13-24(20(3)4)28(23)32-18-33(30-27(32)16-11-17-31-30)29-25(21(5)6)14-10-15-26(29)22(7)8;1-3-7-11-9(5-1)10-6-2-4-8-12(10)13-11;/h9-17,19-22H,1-8H3;1-8H;/q+2;-1;+1. The molecule has 0 saturated carbocycles. The second-order valence-corrected chi connectivity index (χ2v) is 13.5. The van der Waals surface area contributed by atoms with Gasteiger partial charge in [-0.05, 0) is 49.7 Å². The summed E-state index contributed by atoms with van der Waals surface area (Å²) in [5.74, 6) is 2.56. The summed E-state index contributed by atoms with van der Waals surface area (Å²) >= 11 is 0. The minimum atomic E-state index is 0. The normalized spacial score (nSPS) is 12.3. The Bertz CT molecular complexity index is 1910. The van der Waals surface area contributed by atoms with E-state index in [0.717, 1.165) is 22.5 Å². The summed E-state index contributed by atoms with van der Waals surface area (Å²) in [6, 6.07) is 37.9. The van der Waals surface area contributed by atoms with Crippen LogP contribution >= 0.6 is 0 Å². The van der Waals surface area contributed by atoms with E-state index in [9.17, 15) is 0 Å². The van der Waals surface area contributed by atoms with Gasteiger partial charge < -0.3 is 4.98 Å². The van der Waals surface area contributed by atoms with Crippen LogP contribution in [-0.4, -0.2) is 11.0 Å². The monoisotopic (exact) mass is 802 g/mol. The van der Waals surface area contributed by atoms with E-state index in [1.807, 2.05) is 24.4 Å². The molecule has 0 N–H and O–H groups in total. The van der Waals surface area contributed by atoms with Gasteiger partial charge in [-0.3, -0.25) is 0 Å². The Morgan fingerprint density at radius 3 is 1.38 bits per heavy atom. The summed E-state index contributed by atoms with van der Waals surface area (Å²) in [4.78, 5) is 9.38. The third-order valence-electron chi connectivity index (χ3n) is 8.89. The Balaban J connectivity index is 0.000000256. The number of hydrogen-bond acceptors (Lipinski definition) is 1. The Kier molecular flexibility index (Phi) is 10.5. The van der Waals surface area contributed by atoms with Gasteiger partial charge in [0.1, 0.15) is 0 Å². The SMILES string of the molecule is CC(C)c1cccc(C(C)C)c1[N+]1=C=[N+](c2c(C(C)C)cccc2C(C)C)c2ncccc21.[Au+].c1ccc2c(c1)[n-]c1ccccc12. The van der Waals surface area contributed by atoms with Gasteiger partial charge in [0.25, 0.3) is 0 Å². The number of para-hydroxylation sites is 4. The molecule has 0 fully saturated rings. The molecule has 5 heteroatoms. The third kappa shape index (κ3) is 6.57. The van der Waals surface area contributed by atoms with Gasteiger partial charge in [-0.15, -0.1) is 11.0 Å². The molecule has 0 atom stereocenters. The second kappa shape index (κ2) is 14.4. The quantitative estimate of drug-likeness (QED) is 0.124. The van der Waals surface area contributed by atoms with Gasteiger partial charge in [0.05, 0.1) is 0 Å². The zero-order chi connectivity index (χ0) is 32.5. The molecule has 47 heavy (non-hydrogen) atoms. The van der Waals surface area contributed by atoms with Crippen molar-refractivity contribution in [3.63, 3.8) is 0 Å². The van der Waals surface area contributed by atoms with Gasteiger partial charge in [-0.25, -0.2) is 0 Å². The topological polar surface area (TPSA) is 33.0 Å². The minimum absolute atomic E-state index is 0. The van der Waals surface area contributed by atoms with E-state index >= 15 is 0 Å². The van der Waals surface area contributed by atoms with Crippen LogP contribution in [0.3, 0.4) is 0 Å². The molecule has 0 unspecified atom stereocenters. The van der Waals surface area contributed by atoms with Gasteiger partial charge in [-0.2, -0.15) is 4.98 Å². The molecule has 7 rings (SSSR count). The number of rotatable bonds is 6. The summed E-state index contributed by atoms with van der Waals surface area (Å²) in [5, 5.41) is 2.50. The van der Waals surface area contributed by atoms with Crippen LogP contribution in [0, 0.1) is 0 Å². The van der Waals surface area contributed by atoms with Crippen molar-refractivity contribution in [1.29, 1.82) is 0 Å². The zero-order valence-corrected chi connectivity index (χ0v) is 30.9. The van der Waals surface area contributed by atoms with Crippen molar-refractivity contribution in [2.24, 2.45) is 0 Å². The predicted molar refractivity (Wildman–Crippen MR) is 196 cm³/mol. The van der Waals surface area contributed by atoms with E-state index in [4.69, 9.17) is 4.98 Å². The van der Waals surface area contributed by atoms with Gasteiger partial charge in [0, 0.05) is 34.5 Å². The molecule has 0 aliphatic carbocycles. The summed E-state index contributed by atoms with van der Waals surface area (Å²) in [5.41, 5.74) is 11.1. The molecule has 0 amide bonds. The summed E-state index contributed by atoms with van der Waals surface area (Å²) in [6.45, 7) is 18.1. The second-order valence-electron chi connectivity index (χ2n) is 13.5. The molecule has 4 nitrogen and oxygen atoms in total. The molecule has 2 aromatic heterocycles. The maximum absolute atomic E-state index is 4.86. The van der Waals surface area contributed by atoms with E-state index in [1.54, 1.807) is 0 Å². The van der Waals surface area contributed by atoms with Crippen LogP contribution in [0.15, 0.2) is 103 Å². The Morgan fingerprint density at radius 2 is 0.936 bits per heavy atom. The minimum Gasteiger partial charge on any atom is -0.657 e. The van der Waals surface area contributed by atoms with Crippen molar-refractivity contribution in [2.75, 3.05) is 0 Å². The summed E-state index contributed by atoms with van der Waals surface area (Å²) in [7, 11) is 0. The predicted octanol–water partition coefficient (Wildman–Crippen LogP) is 11.4. The number of pyridine rings is 1. The van der Waals surface area contributed by atoms with Gasteiger partial charge in [0.2, 0.25) is 11.4 Å². The fourth-order valence-electron chi connectivity index (χ4n) is 6.53. The number of fused-ring (bicyclic) bond motifs is 4. The van der Waals surface area contributed by atoms with Crippen LogP contribution < -0.4 is 14.1 Å². The largest absolute Gasteiger partial charge is 1.00 e. The van der Waals surface area contributed by atoms with Crippen molar-refractivity contribution in [1.82, 2.24) is 19.1 Å². The molecule has 242 valence electrons. The fourth-order valence-corrected chi connectivity index (χ4v) is 6.53. The van der Waals surface area contributed by atoms with Crippen LogP contribution in [-0.2, 0) is 22.4 Å². The third-order valence-corrected chi connectivity index (χ3v) is 8.89. The molecule has 4 aromatic carbocycles.